The minimum atomic E-state index is -1.32. The molecule has 0 bridgehead atoms. The number of carboxylic acid groups (broad SMARTS) is 1. The molecular formula is C14H11N2O5S-. The first-order chi connectivity index (χ1) is 10.4. The minimum absolute atomic E-state index is 0.0350. The topological polar surface area (TPSA) is 108 Å². The maximum atomic E-state index is 11.7. The largest absolute Gasteiger partial charge is 0.546 e. The van der Waals surface area contributed by atoms with Gasteiger partial charge in [0.05, 0.1) is 5.97 Å². The highest BCUT2D eigenvalue weighted by Gasteiger charge is 2.25. The summed E-state index contributed by atoms with van der Waals surface area (Å²) in [5, 5.41) is 15.2. The highest BCUT2D eigenvalue weighted by molar-refractivity contribution is 7.80. The summed E-state index contributed by atoms with van der Waals surface area (Å²) < 4.78 is 5.12. The highest BCUT2D eigenvalue weighted by Crippen LogP contribution is 2.16. The number of aliphatic carboxylic acids is 1. The molecule has 2 N–H and O–H groups in total. The number of carbonyl (C=O) groups excluding carboxylic acids is 3. The lowest BCUT2D eigenvalue weighted by Crippen LogP contribution is -2.51. The van der Waals surface area contributed by atoms with E-state index >= 15 is 0 Å². The molecule has 1 aromatic carbocycles. The number of rotatable bonds is 4. The number of hydrogen-bond donors (Lipinski definition) is 2. The minimum Gasteiger partial charge on any atom is -0.546 e. The average Bonchev–Trinajstić information content (AvgIpc) is 2.44. The van der Waals surface area contributed by atoms with Crippen LogP contribution < -0.4 is 20.5 Å². The van der Waals surface area contributed by atoms with Crippen LogP contribution in [0.5, 0.6) is 5.75 Å². The zero-order valence-electron chi connectivity index (χ0n) is 11.4. The van der Waals surface area contributed by atoms with Crippen molar-refractivity contribution < 1.29 is 24.2 Å². The Bertz CT molecular complexity index is 659. The van der Waals surface area contributed by atoms with Gasteiger partial charge in [-0.25, -0.2) is 0 Å². The molecule has 8 heteroatoms. The molecule has 1 fully saturated rings. The van der Waals surface area contributed by atoms with Crippen LogP contribution in [0.4, 0.5) is 0 Å². The zero-order valence-corrected chi connectivity index (χ0v) is 12.2. The standard InChI is InChI=1S/C14H12N2O5S/c1-7(13(19)20)21-9-4-2-8(3-5-9)6-10-11(17)15-14(22)16-12(10)18/h2-7H,1H3,(H,19,20)(H2,15,16,17,18,22)/p-1/t7-/m1/s1. The van der Waals surface area contributed by atoms with E-state index in [-0.39, 0.29) is 10.7 Å². The van der Waals surface area contributed by atoms with Crippen molar-refractivity contribution in [2.24, 2.45) is 0 Å². The third-order valence-corrected chi connectivity index (χ3v) is 2.98. The van der Waals surface area contributed by atoms with E-state index in [1.165, 1.54) is 25.1 Å². The van der Waals surface area contributed by atoms with Crippen molar-refractivity contribution in [2.75, 3.05) is 0 Å². The van der Waals surface area contributed by atoms with Crippen molar-refractivity contribution >= 4 is 41.2 Å². The molecule has 0 aliphatic carbocycles. The molecule has 0 unspecified atom stereocenters. The highest BCUT2D eigenvalue weighted by atomic mass is 32.1. The van der Waals surface area contributed by atoms with Crippen molar-refractivity contribution in [3.05, 3.63) is 35.4 Å². The van der Waals surface area contributed by atoms with Gasteiger partial charge in [0.2, 0.25) is 0 Å². The second-order valence-corrected chi connectivity index (χ2v) is 4.85. The van der Waals surface area contributed by atoms with Gasteiger partial charge in [0.15, 0.2) is 5.11 Å². The molecule has 1 saturated heterocycles. The number of ether oxygens (including phenoxy) is 1. The van der Waals surface area contributed by atoms with E-state index in [1.807, 2.05) is 0 Å². The summed E-state index contributed by atoms with van der Waals surface area (Å²) in [5.74, 6) is -2.16. The lowest BCUT2D eigenvalue weighted by atomic mass is 10.1. The Hall–Kier alpha value is -2.74. The summed E-state index contributed by atoms with van der Waals surface area (Å²) in [7, 11) is 0. The quantitative estimate of drug-likeness (QED) is 0.424. The van der Waals surface area contributed by atoms with Gasteiger partial charge in [0.1, 0.15) is 17.4 Å². The van der Waals surface area contributed by atoms with Crippen LogP contribution >= 0.6 is 12.2 Å². The van der Waals surface area contributed by atoms with Crippen LogP contribution in [0.3, 0.4) is 0 Å². The number of nitrogens with one attached hydrogen (secondary N) is 2. The predicted octanol–water partition coefficient (Wildman–Crippen LogP) is -0.882. The van der Waals surface area contributed by atoms with Gasteiger partial charge in [-0.2, -0.15) is 0 Å². The predicted molar refractivity (Wildman–Crippen MR) is 78.4 cm³/mol. The molecule has 0 aromatic heterocycles. The Kier molecular flexibility index (Phi) is 4.52. The van der Waals surface area contributed by atoms with E-state index in [0.29, 0.717) is 11.3 Å². The van der Waals surface area contributed by atoms with Crippen molar-refractivity contribution in [3.63, 3.8) is 0 Å². The molecule has 7 nitrogen and oxygen atoms in total. The monoisotopic (exact) mass is 319 g/mol. The van der Waals surface area contributed by atoms with Crippen LogP contribution in [0.25, 0.3) is 6.08 Å². The smallest absolute Gasteiger partial charge is 0.263 e. The Morgan fingerprint density at radius 3 is 2.27 bits per heavy atom. The van der Waals surface area contributed by atoms with Gasteiger partial charge in [-0.15, -0.1) is 0 Å². The second-order valence-electron chi connectivity index (χ2n) is 4.44. The van der Waals surface area contributed by atoms with Gasteiger partial charge in [-0.05, 0) is 42.9 Å². The maximum Gasteiger partial charge on any atom is 0.263 e. The molecule has 0 saturated carbocycles. The van der Waals surface area contributed by atoms with Gasteiger partial charge < -0.3 is 14.6 Å². The summed E-state index contributed by atoms with van der Waals surface area (Å²) in [6.07, 6.45) is 0.304. The number of amides is 2. The molecule has 1 aromatic rings. The van der Waals surface area contributed by atoms with Crippen molar-refractivity contribution in [1.82, 2.24) is 10.6 Å². The van der Waals surface area contributed by atoms with E-state index in [2.05, 4.69) is 10.6 Å². The second kappa shape index (κ2) is 6.35. The number of carbonyl (C=O) groups is 3. The zero-order chi connectivity index (χ0) is 16.3. The first-order valence-electron chi connectivity index (χ1n) is 6.23. The molecule has 1 heterocycles. The van der Waals surface area contributed by atoms with Gasteiger partial charge in [-0.1, -0.05) is 12.1 Å². The maximum absolute atomic E-state index is 11.7. The Morgan fingerprint density at radius 2 is 1.77 bits per heavy atom. The van der Waals surface area contributed by atoms with Crippen molar-refractivity contribution in [3.8, 4) is 5.75 Å². The fourth-order valence-electron chi connectivity index (χ4n) is 1.67. The van der Waals surface area contributed by atoms with E-state index in [0.717, 1.165) is 0 Å². The first kappa shape index (κ1) is 15.6. The fourth-order valence-corrected chi connectivity index (χ4v) is 1.85. The summed E-state index contributed by atoms with van der Waals surface area (Å²) in [4.78, 5) is 34.0. The first-order valence-corrected chi connectivity index (χ1v) is 6.63. The van der Waals surface area contributed by atoms with Gasteiger partial charge in [-0.3, -0.25) is 20.2 Å². The number of benzene rings is 1. The lowest BCUT2D eigenvalue weighted by Gasteiger charge is -2.17. The Morgan fingerprint density at radius 1 is 1.23 bits per heavy atom. The molecule has 1 aliphatic heterocycles. The van der Waals surface area contributed by atoms with E-state index in [4.69, 9.17) is 17.0 Å². The normalized spacial score (nSPS) is 15.7. The van der Waals surface area contributed by atoms with Gasteiger partial charge in [0, 0.05) is 0 Å². The van der Waals surface area contributed by atoms with Crippen LogP contribution in [-0.2, 0) is 14.4 Å². The number of carboxylic acids is 1. The lowest BCUT2D eigenvalue weighted by molar-refractivity contribution is -0.312. The molecule has 114 valence electrons. The van der Waals surface area contributed by atoms with Crippen LogP contribution in [0.1, 0.15) is 12.5 Å². The van der Waals surface area contributed by atoms with Crippen molar-refractivity contribution in [1.29, 1.82) is 0 Å². The Labute approximate surface area is 131 Å². The summed E-state index contributed by atoms with van der Waals surface area (Å²) in [6.45, 7) is 1.35. The van der Waals surface area contributed by atoms with Crippen LogP contribution in [-0.4, -0.2) is 29.0 Å². The van der Waals surface area contributed by atoms with E-state index in [9.17, 15) is 19.5 Å². The number of hydrogen-bond acceptors (Lipinski definition) is 6. The molecule has 2 amide bonds. The fraction of sp³-hybridized carbons (Fsp3) is 0.143. The molecule has 2 rings (SSSR count). The molecule has 1 atom stereocenters. The van der Waals surface area contributed by atoms with Gasteiger partial charge in [0.25, 0.3) is 11.8 Å². The van der Waals surface area contributed by atoms with E-state index < -0.39 is 23.9 Å². The third-order valence-electron chi connectivity index (χ3n) is 2.78. The van der Waals surface area contributed by atoms with Crippen LogP contribution in [0.2, 0.25) is 0 Å². The van der Waals surface area contributed by atoms with E-state index in [1.54, 1.807) is 12.1 Å². The Balaban J connectivity index is 2.15. The van der Waals surface area contributed by atoms with Gasteiger partial charge >= 0.3 is 0 Å². The molecule has 22 heavy (non-hydrogen) atoms. The van der Waals surface area contributed by atoms with Crippen LogP contribution in [0.15, 0.2) is 29.8 Å². The molecule has 1 aliphatic rings. The third kappa shape index (κ3) is 3.67. The average molecular weight is 319 g/mol. The van der Waals surface area contributed by atoms with Crippen LogP contribution in [0, 0.1) is 0 Å². The summed E-state index contributed by atoms with van der Waals surface area (Å²) in [6, 6.07) is 6.21. The molecule has 0 radical (unpaired) electrons. The summed E-state index contributed by atoms with van der Waals surface area (Å²) in [5.41, 5.74) is 0.493. The summed E-state index contributed by atoms with van der Waals surface area (Å²) >= 11 is 4.69. The number of thiocarbonyl (C=S) groups is 1. The molecule has 0 spiro atoms. The SMILES string of the molecule is C[C@@H](Oc1ccc(C=C2C(=O)NC(=S)NC2=O)cc1)C(=O)[O-]. The molecular weight excluding hydrogens is 308 g/mol. The van der Waals surface area contributed by atoms with Crippen molar-refractivity contribution in [2.45, 2.75) is 13.0 Å².